The Morgan fingerprint density at radius 3 is 2.83 bits per heavy atom. The molecule has 0 aromatic rings. The first-order valence-corrected chi connectivity index (χ1v) is 7.74. The quantitative estimate of drug-likeness (QED) is 0.731. The third kappa shape index (κ3) is 4.27. The summed E-state index contributed by atoms with van der Waals surface area (Å²) in [6.07, 6.45) is 10.7. The van der Waals surface area contributed by atoms with Crippen LogP contribution in [0, 0.1) is 5.41 Å². The molecular formula is C15H28N2O. The molecule has 2 fully saturated rings. The summed E-state index contributed by atoms with van der Waals surface area (Å²) in [5.41, 5.74) is 0.480. The van der Waals surface area contributed by atoms with Gasteiger partial charge in [0.1, 0.15) is 0 Å². The smallest absolute Gasteiger partial charge is 0.220 e. The Kier molecular flexibility index (Phi) is 5.04. The minimum absolute atomic E-state index is 0.254. The van der Waals surface area contributed by atoms with E-state index in [4.69, 9.17) is 0 Å². The van der Waals surface area contributed by atoms with E-state index < -0.39 is 0 Å². The molecule has 0 aromatic carbocycles. The molecule has 1 aliphatic heterocycles. The highest BCUT2D eigenvalue weighted by Gasteiger charge is 2.41. The fourth-order valence-corrected chi connectivity index (χ4v) is 3.07. The number of carbonyl (C=O) groups excluding carboxylic acids is 1. The topological polar surface area (TPSA) is 41.1 Å². The van der Waals surface area contributed by atoms with Crippen molar-refractivity contribution in [3.05, 3.63) is 0 Å². The minimum atomic E-state index is 0.254. The van der Waals surface area contributed by atoms with Crippen molar-refractivity contribution in [3.63, 3.8) is 0 Å². The third-order valence-electron chi connectivity index (χ3n) is 4.53. The number of amides is 1. The fraction of sp³-hybridized carbons (Fsp3) is 0.933. The van der Waals surface area contributed by atoms with E-state index in [1.165, 1.54) is 44.9 Å². The lowest BCUT2D eigenvalue weighted by Gasteiger charge is -2.23. The fourth-order valence-electron chi connectivity index (χ4n) is 3.07. The Balaban J connectivity index is 1.57. The van der Waals surface area contributed by atoms with Crippen molar-refractivity contribution in [2.24, 2.45) is 5.41 Å². The van der Waals surface area contributed by atoms with Gasteiger partial charge in [-0.1, -0.05) is 19.8 Å². The summed E-state index contributed by atoms with van der Waals surface area (Å²) in [5, 5.41) is 6.64. The molecule has 104 valence electrons. The van der Waals surface area contributed by atoms with E-state index >= 15 is 0 Å². The highest BCUT2D eigenvalue weighted by molar-refractivity contribution is 5.75. The summed E-state index contributed by atoms with van der Waals surface area (Å²) >= 11 is 0. The molecule has 1 heterocycles. The molecular weight excluding hydrogens is 224 g/mol. The number of hydrogen-bond donors (Lipinski definition) is 2. The zero-order valence-electron chi connectivity index (χ0n) is 11.8. The van der Waals surface area contributed by atoms with Crippen LogP contribution in [0.5, 0.6) is 0 Å². The maximum atomic E-state index is 11.8. The average Bonchev–Trinajstić information content (AvgIpc) is 3.16. The van der Waals surface area contributed by atoms with E-state index in [0.29, 0.717) is 17.9 Å². The number of piperidine rings is 1. The van der Waals surface area contributed by atoms with Gasteiger partial charge in [0.15, 0.2) is 0 Å². The van der Waals surface area contributed by atoms with Crippen LogP contribution in [0.25, 0.3) is 0 Å². The molecule has 1 aliphatic carbocycles. The first-order valence-electron chi connectivity index (χ1n) is 7.74. The van der Waals surface area contributed by atoms with Gasteiger partial charge in [-0.2, -0.15) is 0 Å². The van der Waals surface area contributed by atoms with E-state index in [2.05, 4.69) is 17.6 Å². The van der Waals surface area contributed by atoms with Gasteiger partial charge in [0.05, 0.1) is 0 Å². The van der Waals surface area contributed by atoms with Crippen LogP contribution in [0.2, 0.25) is 0 Å². The molecule has 2 aliphatic rings. The maximum absolute atomic E-state index is 11.8. The first-order chi connectivity index (χ1) is 8.74. The summed E-state index contributed by atoms with van der Waals surface area (Å²) < 4.78 is 0. The van der Waals surface area contributed by atoms with Crippen LogP contribution < -0.4 is 10.6 Å². The van der Waals surface area contributed by atoms with Crippen molar-refractivity contribution in [2.45, 2.75) is 70.8 Å². The number of nitrogens with one attached hydrogen (secondary N) is 2. The number of carbonyl (C=O) groups is 1. The van der Waals surface area contributed by atoms with Gasteiger partial charge in [-0.15, -0.1) is 0 Å². The zero-order valence-corrected chi connectivity index (χ0v) is 11.8. The highest BCUT2D eigenvalue weighted by Crippen LogP contribution is 2.48. The van der Waals surface area contributed by atoms with Gasteiger partial charge in [0.25, 0.3) is 0 Å². The Bertz CT molecular complexity index is 268. The second-order valence-corrected chi connectivity index (χ2v) is 6.21. The van der Waals surface area contributed by atoms with Crippen molar-refractivity contribution >= 4 is 5.91 Å². The molecule has 18 heavy (non-hydrogen) atoms. The van der Waals surface area contributed by atoms with E-state index in [-0.39, 0.29) is 5.91 Å². The van der Waals surface area contributed by atoms with Crippen molar-refractivity contribution in [1.82, 2.24) is 10.6 Å². The van der Waals surface area contributed by atoms with E-state index in [0.717, 1.165) is 19.5 Å². The van der Waals surface area contributed by atoms with Gasteiger partial charge in [-0.05, 0) is 50.5 Å². The second-order valence-electron chi connectivity index (χ2n) is 6.21. The lowest BCUT2D eigenvalue weighted by Crippen LogP contribution is -2.36. The van der Waals surface area contributed by atoms with Crippen LogP contribution in [0.15, 0.2) is 0 Å². The molecule has 2 N–H and O–H groups in total. The van der Waals surface area contributed by atoms with Crippen LogP contribution in [0.4, 0.5) is 0 Å². The summed E-state index contributed by atoms with van der Waals surface area (Å²) in [4.78, 5) is 11.8. The van der Waals surface area contributed by atoms with E-state index in [9.17, 15) is 4.79 Å². The first kappa shape index (κ1) is 13.9. The predicted molar refractivity (Wildman–Crippen MR) is 74.5 cm³/mol. The molecule has 1 saturated heterocycles. The van der Waals surface area contributed by atoms with Crippen LogP contribution in [-0.4, -0.2) is 25.0 Å². The molecule has 0 aromatic heterocycles. The maximum Gasteiger partial charge on any atom is 0.220 e. The second kappa shape index (κ2) is 6.55. The molecule has 0 radical (unpaired) electrons. The molecule has 0 bridgehead atoms. The predicted octanol–water partition coefficient (Wildman–Crippen LogP) is 2.61. The van der Waals surface area contributed by atoms with E-state index in [1.54, 1.807) is 0 Å². The Labute approximate surface area is 111 Å². The Morgan fingerprint density at radius 1 is 1.39 bits per heavy atom. The summed E-state index contributed by atoms with van der Waals surface area (Å²) in [5.74, 6) is 0.254. The molecule has 2 rings (SSSR count). The molecule has 0 spiro atoms. The summed E-state index contributed by atoms with van der Waals surface area (Å²) in [6, 6.07) is 0.579. The summed E-state index contributed by atoms with van der Waals surface area (Å²) in [6.45, 7) is 4.28. The largest absolute Gasteiger partial charge is 0.356 e. The minimum Gasteiger partial charge on any atom is -0.356 e. The third-order valence-corrected chi connectivity index (χ3v) is 4.53. The van der Waals surface area contributed by atoms with E-state index in [1.807, 2.05) is 0 Å². The summed E-state index contributed by atoms with van der Waals surface area (Å²) in [7, 11) is 0. The lowest BCUT2D eigenvalue weighted by molar-refractivity contribution is -0.121. The Hall–Kier alpha value is -0.570. The SMILES string of the molecule is CCCC1(CNC(=O)CCC2CCCCN2)CC1. The molecule has 1 amide bonds. The van der Waals surface area contributed by atoms with Crippen LogP contribution in [-0.2, 0) is 4.79 Å². The molecule has 1 saturated carbocycles. The molecule has 1 unspecified atom stereocenters. The standard InChI is InChI=1S/C15H28N2O/c1-2-8-15(9-10-15)12-17-14(18)7-6-13-5-3-4-11-16-13/h13,16H,2-12H2,1H3,(H,17,18). The van der Waals surface area contributed by atoms with Crippen molar-refractivity contribution < 1.29 is 4.79 Å². The van der Waals surface area contributed by atoms with Crippen LogP contribution >= 0.6 is 0 Å². The lowest BCUT2D eigenvalue weighted by atomic mass is 9.99. The molecule has 1 atom stereocenters. The molecule has 3 heteroatoms. The van der Waals surface area contributed by atoms with Gasteiger partial charge >= 0.3 is 0 Å². The van der Waals surface area contributed by atoms with Gasteiger partial charge < -0.3 is 10.6 Å². The zero-order chi connectivity index (χ0) is 12.8. The number of rotatable bonds is 7. The highest BCUT2D eigenvalue weighted by atomic mass is 16.1. The van der Waals surface area contributed by atoms with Crippen molar-refractivity contribution in [1.29, 1.82) is 0 Å². The average molecular weight is 252 g/mol. The van der Waals surface area contributed by atoms with Gasteiger partial charge in [-0.25, -0.2) is 0 Å². The van der Waals surface area contributed by atoms with Gasteiger partial charge in [0, 0.05) is 19.0 Å². The van der Waals surface area contributed by atoms with Crippen molar-refractivity contribution in [2.75, 3.05) is 13.1 Å². The van der Waals surface area contributed by atoms with Crippen LogP contribution in [0.1, 0.15) is 64.7 Å². The monoisotopic (exact) mass is 252 g/mol. The Morgan fingerprint density at radius 2 is 2.22 bits per heavy atom. The molecule has 3 nitrogen and oxygen atoms in total. The van der Waals surface area contributed by atoms with Gasteiger partial charge in [0.2, 0.25) is 5.91 Å². The van der Waals surface area contributed by atoms with Gasteiger partial charge in [-0.3, -0.25) is 4.79 Å². The number of hydrogen-bond acceptors (Lipinski definition) is 2. The van der Waals surface area contributed by atoms with Crippen molar-refractivity contribution in [3.8, 4) is 0 Å². The van der Waals surface area contributed by atoms with Crippen LogP contribution in [0.3, 0.4) is 0 Å². The normalized spacial score (nSPS) is 25.7.